The van der Waals surface area contributed by atoms with Gasteiger partial charge in [0.15, 0.2) is 0 Å². The first kappa shape index (κ1) is 27.1. The number of anilines is 2. The average molecular weight is 508 g/mol. The highest BCUT2D eigenvalue weighted by atomic mass is 16.6. The summed E-state index contributed by atoms with van der Waals surface area (Å²) < 4.78 is 0. The second-order valence-electron chi connectivity index (χ2n) is 6.64. The Labute approximate surface area is 198 Å². The maximum absolute atomic E-state index is 11.3. The zero-order chi connectivity index (χ0) is 27.0. The van der Waals surface area contributed by atoms with E-state index in [1.807, 2.05) is 0 Å². The van der Waals surface area contributed by atoms with Crippen LogP contribution in [0.1, 0.15) is 0 Å². The van der Waals surface area contributed by atoms with Crippen molar-refractivity contribution < 1.29 is 35.0 Å². The predicted octanol–water partition coefficient (Wildman–Crippen LogP) is 0.899. The third-order valence-electron chi connectivity index (χ3n) is 4.32. The van der Waals surface area contributed by atoms with Crippen LogP contribution < -0.4 is 10.9 Å². The van der Waals surface area contributed by atoms with Gasteiger partial charge in [-0.15, -0.1) is 0 Å². The van der Waals surface area contributed by atoms with Crippen LogP contribution in [0.5, 0.6) is 0 Å². The highest BCUT2D eigenvalue weighted by molar-refractivity contribution is 6.33. The van der Waals surface area contributed by atoms with Gasteiger partial charge in [0, 0.05) is 12.1 Å². The first-order valence-corrected chi connectivity index (χ1v) is 9.41. The molecule has 0 radical (unpaired) electrons. The Morgan fingerprint density at radius 3 is 1.72 bits per heavy atom. The van der Waals surface area contributed by atoms with Crippen molar-refractivity contribution >= 4 is 46.1 Å². The highest BCUT2D eigenvalue weighted by Gasteiger charge is 2.23. The molecular formula is C17H16N8O11. The van der Waals surface area contributed by atoms with Gasteiger partial charge in [0.2, 0.25) is 0 Å². The van der Waals surface area contributed by atoms with E-state index >= 15 is 0 Å². The Bertz CT molecular complexity index is 1250. The monoisotopic (exact) mass is 508 g/mol. The van der Waals surface area contributed by atoms with Gasteiger partial charge in [0.1, 0.15) is 29.3 Å². The molecule has 19 nitrogen and oxygen atoms in total. The van der Waals surface area contributed by atoms with Gasteiger partial charge in [-0.05, 0) is 12.1 Å². The molecule has 0 saturated carbocycles. The number of hydrogen-bond donors (Lipinski definition) is 5. The van der Waals surface area contributed by atoms with Gasteiger partial charge in [-0.2, -0.15) is 10.2 Å². The molecule has 0 aliphatic carbocycles. The summed E-state index contributed by atoms with van der Waals surface area (Å²) in [6, 6.07) is 5.17. The van der Waals surface area contributed by atoms with Crippen LogP contribution in [0.25, 0.3) is 0 Å². The van der Waals surface area contributed by atoms with Gasteiger partial charge in [-0.25, -0.2) is 0 Å². The van der Waals surface area contributed by atoms with Crippen LogP contribution in [0.15, 0.2) is 46.6 Å². The van der Waals surface area contributed by atoms with Crippen molar-refractivity contribution in [3.8, 4) is 0 Å². The molecule has 0 heterocycles. The molecule has 0 fully saturated rings. The predicted molar refractivity (Wildman–Crippen MR) is 122 cm³/mol. The summed E-state index contributed by atoms with van der Waals surface area (Å²) in [5.74, 6) is 0. The van der Waals surface area contributed by atoms with Gasteiger partial charge in [0.05, 0.1) is 44.6 Å². The number of aliphatic hydroxyl groups excluding tert-OH is 3. The lowest BCUT2D eigenvalue weighted by Gasteiger charge is -2.15. The summed E-state index contributed by atoms with van der Waals surface area (Å²) >= 11 is 0. The number of hydrogen-bond acceptors (Lipinski definition) is 15. The van der Waals surface area contributed by atoms with Crippen molar-refractivity contribution in [2.75, 3.05) is 17.5 Å². The molecule has 0 unspecified atom stereocenters. The number of aliphatic hydroxyl groups is 3. The molecule has 19 heteroatoms. The maximum atomic E-state index is 11.3. The van der Waals surface area contributed by atoms with Crippen LogP contribution in [0.4, 0.5) is 34.1 Å². The second-order valence-corrected chi connectivity index (χ2v) is 6.64. The van der Waals surface area contributed by atoms with E-state index < -0.39 is 67.0 Å². The van der Waals surface area contributed by atoms with Crippen molar-refractivity contribution in [1.82, 2.24) is 0 Å². The van der Waals surface area contributed by atoms with Gasteiger partial charge in [-0.1, -0.05) is 0 Å². The number of nitrogens with zero attached hydrogens (tertiary/aromatic N) is 6. The number of nitro groups is 4. The molecule has 190 valence electrons. The van der Waals surface area contributed by atoms with Crippen LogP contribution in [0, 0.1) is 40.5 Å². The molecule has 2 aromatic rings. The first-order chi connectivity index (χ1) is 17.0. The fraction of sp³-hybridized carbons (Fsp3) is 0.176. The van der Waals surface area contributed by atoms with Crippen LogP contribution >= 0.6 is 0 Å². The van der Waals surface area contributed by atoms with E-state index in [0.717, 1.165) is 30.5 Å². The SMILES string of the molecule is O=[N+]([O-])c1ccc(N/N=C(/C=N/Nc2ccc([N+](=O)[O-])cc2[N+](=O)[O-])[C@H](O)[C@H](O)CO)c([N+](=O)[O-])c1. The Hall–Kier alpha value is -5.14. The quantitative estimate of drug-likeness (QED) is 0.151. The maximum Gasteiger partial charge on any atom is 0.301 e. The first-order valence-electron chi connectivity index (χ1n) is 9.41. The zero-order valence-electron chi connectivity index (χ0n) is 17.7. The van der Waals surface area contributed by atoms with E-state index in [-0.39, 0.29) is 11.4 Å². The van der Waals surface area contributed by atoms with Gasteiger partial charge < -0.3 is 15.3 Å². The highest BCUT2D eigenvalue weighted by Crippen LogP contribution is 2.30. The van der Waals surface area contributed by atoms with Crippen molar-refractivity contribution in [3.05, 3.63) is 76.9 Å². The molecule has 0 amide bonds. The van der Waals surface area contributed by atoms with E-state index in [1.54, 1.807) is 0 Å². The molecule has 0 aromatic heterocycles. The summed E-state index contributed by atoms with van der Waals surface area (Å²) in [6.45, 7) is -0.938. The summed E-state index contributed by atoms with van der Waals surface area (Å²) in [7, 11) is 0. The zero-order valence-corrected chi connectivity index (χ0v) is 17.7. The topological polar surface area (TPSA) is 282 Å². The van der Waals surface area contributed by atoms with Crippen molar-refractivity contribution in [3.63, 3.8) is 0 Å². The molecule has 0 spiro atoms. The number of rotatable bonds is 12. The Morgan fingerprint density at radius 2 is 1.31 bits per heavy atom. The van der Waals surface area contributed by atoms with Crippen LogP contribution in [-0.4, -0.2) is 65.8 Å². The van der Waals surface area contributed by atoms with Gasteiger partial charge in [-0.3, -0.25) is 51.3 Å². The third-order valence-corrected chi connectivity index (χ3v) is 4.32. The van der Waals surface area contributed by atoms with Crippen LogP contribution in [0.2, 0.25) is 0 Å². The summed E-state index contributed by atoms with van der Waals surface area (Å²) in [5, 5.41) is 80.4. The lowest BCUT2D eigenvalue weighted by molar-refractivity contribution is -0.393. The fourth-order valence-corrected chi connectivity index (χ4v) is 2.52. The van der Waals surface area contributed by atoms with Crippen molar-refractivity contribution in [1.29, 1.82) is 0 Å². The van der Waals surface area contributed by atoms with E-state index in [0.29, 0.717) is 12.1 Å². The molecule has 0 bridgehead atoms. The molecule has 2 atom stereocenters. The number of non-ortho nitro benzene ring substituents is 2. The standard InChI is InChI=1S/C17H16N8O11/c26-8-16(27)17(28)13(21-20-12-4-2-10(23(31)32)6-15(12)25(35)36)7-18-19-11-3-1-9(22(29)30)5-14(11)24(33)34/h1-7,16-17,19-20,26-28H,8H2/b18-7+,21-13-/t16-,17+/m1/s1. The normalized spacial score (nSPS) is 13.1. The fourth-order valence-electron chi connectivity index (χ4n) is 2.52. The lowest BCUT2D eigenvalue weighted by Crippen LogP contribution is -2.37. The molecular weight excluding hydrogens is 492 g/mol. The molecule has 0 aliphatic heterocycles. The number of hydrazone groups is 2. The average Bonchev–Trinajstić information content (AvgIpc) is 2.84. The third kappa shape index (κ3) is 6.69. The summed E-state index contributed by atoms with van der Waals surface area (Å²) in [4.78, 5) is 40.6. The minimum atomic E-state index is -1.92. The Balaban J connectivity index is 2.39. The van der Waals surface area contributed by atoms with E-state index in [9.17, 15) is 50.7 Å². The largest absolute Gasteiger partial charge is 0.394 e. The molecule has 2 rings (SSSR count). The van der Waals surface area contributed by atoms with Gasteiger partial charge >= 0.3 is 11.4 Å². The number of benzene rings is 2. The minimum Gasteiger partial charge on any atom is -0.394 e. The van der Waals surface area contributed by atoms with E-state index in [1.165, 1.54) is 0 Å². The van der Waals surface area contributed by atoms with Gasteiger partial charge in [0.25, 0.3) is 11.4 Å². The van der Waals surface area contributed by atoms with Crippen molar-refractivity contribution in [2.45, 2.75) is 12.2 Å². The molecule has 36 heavy (non-hydrogen) atoms. The summed E-state index contributed by atoms with van der Waals surface area (Å²) in [6.07, 6.45) is -2.98. The molecule has 0 aliphatic rings. The lowest BCUT2D eigenvalue weighted by atomic mass is 10.1. The molecule has 5 N–H and O–H groups in total. The summed E-state index contributed by atoms with van der Waals surface area (Å²) in [5.41, 5.74) is 0.612. The van der Waals surface area contributed by atoms with E-state index in [2.05, 4.69) is 21.1 Å². The Kier molecular flexibility index (Phi) is 8.90. The number of nitro benzene ring substituents is 4. The van der Waals surface area contributed by atoms with Crippen molar-refractivity contribution in [2.24, 2.45) is 10.2 Å². The minimum absolute atomic E-state index is 0.294. The molecule has 0 saturated heterocycles. The Morgan fingerprint density at radius 1 is 0.833 bits per heavy atom. The molecule has 2 aromatic carbocycles. The van der Waals surface area contributed by atoms with E-state index in [4.69, 9.17) is 5.11 Å². The number of nitrogens with one attached hydrogen (secondary N) is 2. The van der Waals surface area contributed by atoms with Crippen LogP contribution in [-0.2, 0) is 0 Å². The smallest absolute Gasteiger partial charge is 0.301 e. The second kappa shape index (κ2) is 11.8. The van der Waals surface area contributed by atoms with Crippen LogP contribution in [0.3, 0.4) is 0 Å².